The summed E-state index contributed by atoms with van der Waals surface area (Å²) in [7, 11) is 0. The average Bonchev–Trinajstić information content (AvgIpc) is 2.26. The van der Waals surface area contributed by atoms with Gasteiger partial charge in [0.2, 0.25) is 5.28 Å². The van der Waals surface area contributed by atoms with Gasteiger partial charge in [0.05, 0.1) is 12.2 Å². The van der Waals surface area contributed by atoms with E-state index in [2.05, 4.69) is 15.3 Å². The molecule has 1 rings (SSSR count). The first-order valence-corrected chi connectivity index (χ1v) is 5.93. The number of aromatic nitrogens is 2. The number of hydrogen-bond acceptors (Lipinski definition) is 4. The minimum atomic E-state index is -1.07. The van der Waals surface area contributed by atoms with Gasteiger partial charge < -0.3 is 10.4 Å². The second kappa shape index (κ2) is 5.97. The molecule has 1 unspecified atom stereocenters. The van der Waals surface area contributed by atoms with Crippen LogP contribution in [0.25, 0.3) is 0 Å². The standard InChI is InChI=1S/C12H15ClFN3O2/c1-12(2,3)8(4-5-9(18)19)16-10-7(14)6-15-11(13)17-10/h4-6,8H,1-3H3,(H,18,19)(H,15,16,17). The lowest BCUT2D eigenvalue weighted by atomic mass is 9.86. The van der Waals surface area contributed by atoms with Crippen LogP contribution < -0.4 is 5.32 Å². The molecule has 1 aromatic rings. The molecule has 0 amide bonds. The largest absolute Gasteiger partial charge is 0.478 e. The van der Waals surface area contributed by atoms with Gasteiger partial charge in [-0.1, -0.05) is 26.8 Å². The molecule has 0 aromatic carbocycles. The van der Waals surface area contributed by atoms with Crippen LogP contribution in [0.3, 0.4) is 0 Å². The van der Waals surface area contributed by atoms with Crippen molar-refractivity contribution in [1.82, 2.24) is 9.97 Å². The molecule has 0 aliphatic heterocycles. The van der Waals surface area contributed by atoms with Crippen molar-refractivity contribution in [3.05, 3.63) is 29.4 Å². The molecule has 2 N–H and O–H groups in total. The van der Waals surface area contributed by atoms with Gasteiger partial charge in [0.1, 0.15) is 0 Å². The Balaban J connectivity index is 3.01. The molecule has 0 saturated carbocycles. The van der Waals surface area contributed by atoms with Gasteiger partial charge in [0, 0.05) is 6.08 Å². The lowest BCUT2D eigenvalue weighted by Gasteiger charge is -2.29. The fourth-order valence-electron chi connectivity index (χ4n) is 1.33. The zero-order valence-corrected chi connectivity index (χ0v) is 11.6. The molecule has 104 valence electrons. The Morgan fingerprint density at radius 2 is 2.21 bits per heavy atom. The summed E-state index contributed by atoms with van der Waals surface area (Å²) in [5.74, 6) is -1.78. The van der Waals surface area contributed by atoms with Crippen molar-refractivity contribution in [2.75, 3.05) is 5.32 Å². The number of aliphatic carboxylic acids is 1. The van der Waals surface area contributed by atoms with Gasteiger partial charge in [-0.15, -0.1) is 0 Å². The Kier molecular flexibility index (Phi) is 4.83. The Hall–Kier alpha value is -1.69. The Labute approximate surface area is 115 Å². The van der Waals surface area contributed by atoms with Gasteiger partial charge in [-0.3, -0.25) is 0 Å². The van der Waals surface area contributed by atoms with Gasteiger partial charge in [-0.25, -0.2) is 14.2 Å². The normalized spacial score (nSPS) is 13.5. The molecule has 1 heterocycles. The lowest BCUT2D eigenvalue weighted by Crippen LogP contribution is -2.33. The highest BCUT2D eigenvalue weighted by atomic mass is 35.5. The third-order valence-electron chi connectivity index (χ3n) is 2.37. The smallest absolute Gasteiger partial charge is 0.328 e. The molecule has 0 spiro atoms. The van der Waals surface area contributed by atoms with Crippen molar-refractivity contribution in [2.24, 2.45) is 5.41 Å². The molecule has 1 atom stereocenters. The predicted molar refractivity (Wildman–Crippen MR) is 70.6 cm³/mol. The van der Waals surface area contributed by atoms with Gasteiger partial charge in [-0.05, 0) is 17.0 Å². The van der Waals surface area contributed by atoms with Crippen LogP contribution in [0.5, 0.6) is 0 Å². The van der Waals surface area contributed by atoms with Crippen molar-refractivity contribution in [2.45, 2.75) is 26.8 Å². The van der Waals surface area contributed by atoms with E-state index in [-0.39, 0.29) is 16.5 Å². The maximum absolute atomic E-state index is 13.5. The van der Waals surface area contributed by atoms with Crippen molar-refractivity contribution < 1.29 is 14.3 Å². The van der Waals surface area contributed by atoms with Crippen LogP contribution in [-0.4, -0.2) is 27.1 Å². The Morgan fingerprint density at radius 3 is 2.74 bits per heavy atom. The Morgan fingerprint density at radius 1 is 1.58 bits per heavy atom. The van der Waals surface area contributed by atoms with E-state index in [0.29, 0.717) is 0 Å². The highest BCUT2D eigenvalue weighted by molar-refractivity contribution is 6.28. The summed E-state index contributed by atoms with van der Waals surface area (Å²) in [6.07, 6.45) is 3.40. The van der Waals surface area contributed by atoms with Crippen LogP contribution in [0.15, 0.2) is 18.3 Å². The summed E-state index contributed by atoms with van der Waals surface area (Å²) in [5, 5.41) is 11.4. The molecule has 0 aliphatic carbocycles. The van der Waals surface area contributed by atoms with Crippen LogP contribution in [0, 0.1) is 11.2 Å². The summed E-state index contributed by atoms with van der Waals surface area (Å²) in [4.78, 5) is 17.8. The maximum Gasteiger partial charge on any atom is 0.328 e. The molecule has 1 aromatic heterocycles. The molecule has 5 nitrogen and oxygen atoms in total. The molecular weight excluding hydrogens is 273 g/mol. The van der Waals surface area contributed by atoms with Crippen LogP contribution >= 0.6 is 11.6 Å². The van der Waals surface area contributed by atoms with Crippen LogP contribution in [0.4, 0.5) is 10.2 Å². The number of carbonyl (C=O) groups is 1. The van der Waals surface area contributed by atoms with Crippen molar-refractivity contribution in [3.63, 3.8) is 0 Å². The highest BCUT2D eigenvalue weighted by Crippen LogP contribution is 2.25. The average molecular weight is 288 g/mol. The summed E-state index contributed by atoms with van der Waals surface area (Å²) in [6.45, 7) is 5.66. The van der Waals surface area contributed by atoms with E-state index in [1.165, 1.54) is 6.08 Å². The molecule has 19 heavy (non-hydrogen) atoms. The minimum Gasteiger partial charge on any atom is -0.478 e. The van der Waals surface area contributed by atoms with Crippen molar-refractivity contribution in [1.29, 1.82) is 0 Å². The van der Waals surface area contributed by atoms with Gasteiger partial charge in [0.15, 0.2) is 11.6 Å². The van der Waals surface area contributed by atoms with Crippen LogP contribution in [-0.2, 0) is 4.79 Å². The second-order valence-corrected chi connectivity index (χ2v) is 5.36. The molecule has 0 bridgehead atoms. The first-order chi connectivity index (χ1) is 8.70. The third kappa shape index (κ3) is 4.82. The topological polar surface area (TPSA) is 75.1 Å². The van der Waals surface area contributed by atoms with Gasteiger partial charge >= 0.3 is 5.97 Å². The SMILES string of the molecule is CC(C)(C)C(C=CC(=O)O)Nc1nc(Cl)ncc1F. The van der Waals surface area contributed by atoms with Crippen LogP contribution in [0.1, 0.15) is 20.8 Å². The second-order valence-electron chi connectivity index (χ2n) is 5.02. The van der Waals surface area contributed by atoms with E-state index in [1.54, 1.807) is 0 Å². The van der Waals surface area contributed by atoms with E-state index in [0.717, 1.165) is 12.3 Å². The first kappa shape index (κ1) is 15.4. The lowest BCUT2D eigenvalue weighted by molar-refractivity contribution is -0.131. The summed E-state index contributed by atoms with van der Waals surface area (Å²) in [6, 6.07) is -0.427. The summed E-state index contributed by atoms with van der Waals surface area (Å²) < 4.78 is 13.5. The van der Waals surface area contributed by atoms with Gasteiger partial charge in [-0.2, -0.15) is 4.98 Å². The number of nitrogens with one attached hydrogen (secondary N) is 1. The zero-order chi connectivity index (χ0) is 14.6. The number of rotatable bonds is 4. The number of halogens is 2. The molecular formula is C12H15ClFN3O2. The number of anilines is 1. The number of carboxylic acid groups (broad SMARTS) is 1. The third-order valence-corrected chi connectivity index (χ3v) is 2.55. The van der Waals surface area contributed by atoms with E-state index < -0.39 is 17.8 Å². The Bertz CT molecular complexity index is 500. The van der Waals surface area contributed by atoms with Crippen molar-refractivity contribution >= 4 is 23.4 Å². The van der Waals surface area contributed by atoms with E-state index in [4.69, 9.17) is 16.7 Å². The van der Waals surface area contributed by atoms with E-state index >= 15 is 0 Å². The molecule has 0 radical (unpaired) electrons. The zero-order valence-electron chi connectivity index (χ0n) is 10.8. The minimum absolute atomic E-state index is 0.0602. The fraction of sp³-hybridized carbons (Fsp3) is 0.417. The molecule has 7 heteroatoms. The van der Waals surface area contributed by atoms with E-state index in [9.17, 15) is 9.18 Å². The highest BCUT2D eigenvalue weighted by Gasteiger charge is 2.24. The molecule has 0 aliphatic rings. The van der Waals surface area contributed by atoms with Crippen molar-refractivity contribution in [3.8, 4) is 0 Å². The maximum atomic E-state index is 13.5. The number of nitrogens with zero attached hydrogens (tertiary/aromatic N) is 2. The molecule has 0 saturated heterocycles. The molecule has 0 fully saturated rings. The van der Waals surface area contributed by atoms with Gasteiger partial charge in [0.25, 0.3) is 0 Å². The number of carboxylic acids is 1. The quantitative estimate of drug-likeness (QED) is 0.658. The first-order valence-electron chi connectivity index (χ1n) is 5.56. The summed E-state index contributed by atoms with van der Waals surface area (Å²) in [5.41, 5.74) is -0.337. The van der Waals surface area contributed by atoms with E-state index in [1.807, 2.05) is 20.8 Å². The fourth-order valence-corrected chi connectivity index (χ4v) is 1.46. The predicted octanol–water partition coefficient (Wildman–Crippen LogP) is 2.74. The van der Waals surface area contributed by atoms with Crippen LogP contribution in [0.2, 0.25) is 5.28 Å². The monoisotopic (exact) mass is 287 g/mol. The number of hydrogen-bond donors (Lipinski definition) is 2. The summed E-state index contributed by atoms with van der Waals surface area (Å²) >= 11 is 5.60.